The highest BCUT2D eigenvalue weighted by Gasteiger charge is 2.31. The Balaban J connectivity index is 1.48. The number of carbonyl (C=O) groups excluding carboxylic acids is 1. The van der Waals surface area contributed by atoms with Crippen LogP contribution in [0.3, 0.4) is 0 Å². The van der Waals surface area contributed by atoms with Crippen molar-refractivity contribution in [2.45, 2.75) is 26.8 Å². The van der Waals surface area contributed by atoms with E-state index in [0.29, 0.717) is 42.0 Å². The number of pyridine rings is 1. The van der Waals surface area contributed by atoms with E-state index in [1.807, 2.05) is 54.6 Å². The lowest BCUT2D eigenvalue weighted by atomic mass is 10.0. The molecule has 0 bridgehead atoms. The maximum Gasteiger partial charge on any atom is 0.573 e. The van der Waals surface area contributed by atoms with Crippen molar-refractivity contribution < 1.29 is 22.7 Å². The van der Waals surface area contributed by atoms with Crippen LogP contribution in [0.2, 0.25) is 0 Å². The second-order valence-electron chi connectivity index (χ2n) is 10.3. The lowest BCUT2D eigenvalue weighted by molar-refractivity contribution is -0.274. The van der Waals surface area contributed by atoms with Crippen molar-refractivity contribution in [1.82, 2.24) is 25.6 Å². The van der Waals surface area contributed by atoms with E-state index >= 15 is 0 Å². The van der Waals surface area contributed by atoms with Gasteiger partial charge >= 0.3 is 12.4 Å². The third kappa shape index (κ3) is 8.09. The van der Waals surface area contributed by atoms with Gasteiger partial charge in [0.2, 0.25) is 0 Å². The SMILES string of the molecule is CC(C)CN(Cc1ccccc1)c1cc(NC(=O)Nc2ccc(OC(F)(F)F)cc2)cc(-c2ccccc2-c2nnn[nH]2)n1. The Morgan fingerprint density at radius 3 is 2.25 bits per heavy atom. The minimum absolute atomic E-state index is 0.278. The topological polar surface area (TPSA) is 121 Å². The number of nitrogens with zero attached hydrogens (tertiary/aromatic N) is 5. The van der Waals surface area contributed by atoms with E-state index < -0.39 is 18.1 Å². The Bertz CT molecular complexity index is 1680. The summed E-state index contributed by atoms with van der Waals surface area (Å²) >= 11 is 0. The number of carbonyl (C=O) groups is 1. The van der Waals surface area contributed by atoms with Crippen molar-refractivity contribution in [2.24, 2.45) is 5.92 Å². The van der Waals surface area contributed by atoms with Crippen LogP contribution in [0.15, 0.2) is 91.0 Å². The first kappa shape index (κ1) is 30.0. The van der Waals surface area contributed by atoms with Gasteiger partial charge in [-0.15, -0.1) is 18.3 Å². The number of tetrazole rings is 1. The van der Waals surface area contributed by atoms with E-state index in [4.69, 9.17) is 4.98 Å². The number of amides is 2. The molecule has 2 heterocycles. The number of hydrogen-bond acceptors (Lipinski definition) is 7. The van der Waals surface area contributed by atoms with E-state index in [9.17, 15) is 18.0 Å². The molecule has 0 atom stereocenters. The van der Waals surface area contributed by atoms with E-state index in [-0.39, 0.29) is 5.69 Å². The number of rotatable bonds is 10. The summed E-state index contributed by atoms with van der Waals surface area (Å²) in [6.07, 6.45) is -4.81. The monoisotopic (exact) mass is 602 g/mol. The summed E-state index contributed by atoms with van der Waals surface area (Å²) in [5.74, 6) is 1.01. The number of aromatic amines is 1. The number of aromatic nitrogens is 5. The molecule has 13 heteroatoms. The van der Waals surface area contributed by atoms with Crippen LogP contribution in [0, 0.1) is 5.92 Å². The summed E-state index contributed by atoms with van der Waals surface area (Å²) in [6.45, 7) is 5.51. The number of ether oxygens (including phenoxy) is 1. The zero-order chi connectivity index (χ0) is 31.1. The predicted octanol–water partition coefficient (Wildman–Crippen LogP) is 7.13. The van der Waals surface area contributed by atoms with Gasteiger partial charge in [-0.05, 0) is 52.2 Å². The van der Waals surface area contributed by atoms with Crippen molar-refractivity contribution in [3.63, 3.8) is 0 Å². The molecule has 0 aliphatic heterocycles. The largest absolute Gasteiger partial charge is 0.573 e. The summed E-state index contributed by atoms with van der Waals surface area (Å²) in [7, 11) is 0. The second kappa shape index (κ2) is 13.2. The summed E-state index contributed by atoms with van der Waals surface area (Å²) in [4.78, 5) is 20.2. The van der Waals surface area contributed by atoms with Crippen molar-refractivity contribution in [1.29, 1.82) is 0 Å². The first-order valence-corrected chi connectivity index (χ1v) is 13.7. The van der Waals surface area contributed by atoms with Gasteiger partial charge in [-0.3, -0.25) is 0 Å². The number of alkyl halides is 3. The molecule has 0 aliphatic carbocycles. The molecule has 0 fully saturated rings. The van der Waals surface area contributed by atoms with Crippen molar-refractivity contribution >= 4 is 23.2 Å². The van der Waals surface area contributed by atoms with Crippen LogP contribution in [0.25, 0.3) is 22.6 Å². The number of hydrogen-bond donors (Lipinski definition) is 3. The maximum absolute atomic E-state index is 13.0. The Morgan fingerprint density at radius 1 is 0.909 bits per heavy atom. The Hall–Kier alpha value is -5.46. The summed E-state index contributed by atoms with van der Waals surface area (Å²) in [5, 5.41) is 19.7. The molecule has 2 aromatic heterocycles. The minimum atomic E-state index is -4.81. The number of urea groups is 1. The molecule has 3 N–H and O–H groups in total. The summed E-state index contributed by atoms with van der Waals surface area (Å²) < 4.78 is 41.4. The predicted molar refractivity (Wildman–Crippen MR) is 161 cm³/mol. The fourth-order valence-electron chi connectivity index (χ4n) is 4.59. The quantitative estimate of drug-likeness (QED) is 0.155. The average Bonchev–Trinajstić information content (AvgIpc) is 3.52. The van der Waals surface area contributed by atoms with Gasteiger partial charge in [0.1, 0.15) is 11.6 Å². The fourth-order valence-corrected chi connectivity index (χ4v) is 4.59. The number of benzene rings is 3. The van der Waals surface area contributed by atoms with Crippen molar-refractivity contribution in [2.75, 3.05) is 22.1 Å². The van der Waals surface area contributed by atoms with Crippen LogP contribution >= 0.6 is 0 Å². The van der Waals surface area contributed by atoms with Crippen LogP contribution in [0.1, 0.15) is 19.4 Å². The molecule has 0 spiro atoms. The molecule has 0 saturated carbocycles. The van der Waals surface area contributed by atoms with Crippen LogP contribution in [-0.4, -0.2) is 44.5 Å². The molecule has 0 unspecified atom stereocenters. The van der Waals surface area contributed by atoms with Gasteiger partial charge in [0.15, 0.2) is 5.82 Å². The number of halogens is 3. The van der Waals surface area contributed by atoms with Gasteiger partial charge in [-0.2, -0.15) is 0 Å². The fraction of sp³-hybridized carbons (Fsp3) is 0.194. The molecule has 5 aromatic rings. The van der Waals surface area contributed by atoms with Crippen molar-refractivity contribution in [3.05, 3.63) is 96.6 Å². The Morgan fingerprint density at radius 2 is 1.59 bits per heavy atom. The zero-order valence-corrected chi connectivity index (χ0v) is 23.8. The van der Waals surface area contributed by atoms with E-state index in [1.165, 1.54) is 12.1 Å². The lowest BCUT2D eigenvalue weighted by Gasteiger charge is -2.27. The van der Waals surface area contributed by atoms with Crippen LogP contribution in [-0.2, 0) is 6.54 Å². The normalized spacial score (nSPS) is 11.3. The number of anilines is 3. The number of H-pyrrole nitrogens is 1. The molecule has 10 nitrogen and oxygen atoms in total. The highest BCUT2D eigenvalue weighted by molar-refractivity contribution is 6.00. The molecular formula is C31H29F3N8O2. The smallest absolute Gasteiger partial charge is 0.406 e. The van der Waals surface area contributed by atoms with Gasteiger partial charge in [0, 0.05) is 41.7 Å². The van der Waals surface area contributed by atoms with Crippen LogP contribution in [0.5, 0.6) is 5.75 Å². The van der Waals surface area contributed by atoms with Crippen molar-refractivity contribution in [3.8, 4) is 28.4 Å². The van der Waals surface area contributed by atoms with E-state index in [2.05, 4.69) is 54.7 Å². The van der Waals surface area contributed by atoms with E-state index in [0.717, 1.165) is 28.8 Å². The Labute approximate surface area is 251 Å². The average molecular weight is 603 g/mol. The number of nitrogens with one attached hydrogen (secondary N) is 3. The van der Waals surface area contributed by atoms with Gasteiger partial charge in [0.05, 0.1) is 5.69 Å². The molecule has 226 valence electrons. The highest BCUT2D eigenvalue weighted by Crippen LogP contribution is 2.33. The highest BCUT2D eigenvalue weighted by atomic mass is 19.4. The van der Waals surface area contributed by atoms with Crippen LogP contribution in [0.4, 0.5) is 35.2 Å². The first-order chi connectivity index (χ1) is 21.1. The molecule has 3 aromatic carbocycles. The molecular weight excluding hydrogens is 573 g/mol. The molecule has 0 saturated heterocycles. The first-order valence-electron chi connectivity index (χ1n) is 13.7. The molecule has 2 amide bonds. The molecule has 44 heavy (non-hydrogen) atoms. The maximum atomic E-state index is 13.0. The second-order valence-corrected chi connectivity index (χ2v) is 10.3. The molecule has 5 rings (SSSR count). The standard InChI is InChI=1S/C31H29F3N8O2/c1-20(2)18-42(19-21-8-4-3-5-9-21)28-17-23(36-30(43)35-22-12-14-24(15-13-22)44-31(32,33)34)16-27(37-28)25-10-6-7-11-26(25)29-38-40-41-39-29/h3-17,20H,18-19H2,1-2H3,(H2,35,36,37,43)(H,38,39,40,41). The molecule has 0 aliphatic rings. The third-order valence-corrected chi connectivity index (χ3v) is 6.34. The zero-order valence-electron chi connectivity index (χ0n) is 23.8. The van der Waals surface area contributed by atoms with E-state index in [1.54, 1.807) is 12.1 Å². The molecule has 0 radical (unpaired) electrons. The van der Waals surface area contributed by atoms with Gasteiger partial charge in [0.25, 0.3) is 0 Å². The Kier molecular flexibility index (Phi) is 9.03. The van der Waals surface area contributed by atoms with Gasteiger partial charge in [-0.25, -0.2) is 14.9 Å². The lowest BCUT2D eigenvalue weighted by Crippen LogP contribution is -2.28. The third-order valence-electron chi connectivity index (χ3n) is 6.34. The summed E-state index contributed by atoms with van der Waals surface area (Å²) in [5.41, 5.74) is 3.85. The van der Waals surface area contributed by atoms with Gasteiger partial charge < -0.3 is 20.3 Å². The van der Waals surface area contributed by atoms with Gasteiger partial charge in [-0.1, -0.05) is 68.4 Å². The van der Waals surface area contributed by atoms with Crippen LogP contribution < -0.4 is 20.3 Å². The minimum Gasteiger partial charge on any atom is -0.406 e. The summed E-state index contributed by atoms with van der Waals surface area (Å²) in [6, 6.07) is 25.3.